The number of nitrogens with one attached hydrogen (secondary N) is 1. The summed E-state index contributed by atoms with van der Waals surface area (Å²) in [6.45, 7) is 19.4. The largest absolute Gasteiger partial charge is 0.311 e. The van der Waals surface area contributed by atoms with Crippen molar-refractivity contribution in [2.24, 2.45) is 10.8 Å². The minimum absolute atomic E-state index is 0.242. The molecule has 0 aromatic heterocycles. The van der Waals surface area contributed by atoms with Gasteiger partial charge >= 0.3 is 0 Å². The predicted octanol–water partition coefficient (Wildman–Crippen LogP) is 3.84. The van der Waals surface area contributed by atoms with E-state index in [0.29, 0.717) is 10.8 Å². The van der Waals surface area contributed by atoms with E-state index in [-0.39, 0.29) is 5.54 Å². The molecule has 0 amide bonds. The maximum absolute atomic E-state index is 3.66. The Kier molecular flexibility index (Phi) is 4.21. The van der Waals surface area contributed by atoms with Crippen molar-refractivity contribution in [2.75, 3.05) is 6.54 Å². The van der Waals surface area contributed by atoms with Gasteiger partial charge in [0, 0.05) is 12.1 Å². The Labute approximate surface area is 90.7 Å². The summed E-state index contributed by atoms with van der Waals surface area (Å²) in [5, 5.41) is 3.66. The monoisotopic (exact) mass is 199 g/mol. The van der Waals surface area contributed by atoms with Crippen molar-refractivity contribution in [3.8, 4) is 0 Å². The van der Waals surface area contributed by atoms with E-state index in [4.69, 9.17) is 0 Å². The molecule has 0 aliphatic rings. The molecule has 1 N–H and O–H groups in total. The van der Waals surface area contributed by atoms with Gasteiger partial charge in [-0.1, -0.05) is 41.5 Å². The van der Waals surface area contributed by atoms with Gasteiger partial charge in [-0.2, -0.15) is 0 Å². The van der Waals surface area contributed by atoms with Crippen molar-refractivity contribution in [1.29, 1.82) is 0 Å². The van der Waals surface area contributed by atoms with Crippen molar-refractivity contribution in [1.82, 2.24) is 5.32 Å². The maximum Gasteiger partial charge on any atom is 0.0130 e. The molecule has 0 atom stereocenters. The summed E-state index contributed by atoms with van der Waals surface area (Å²) in [4.78, 5) is 0. The quantitative estimate of drug-likeness (QED) is 0.728. The van der Waals surface area contributed by atoms with E-state index in [1.54, 1.807) is 0 Å². The molecule has 0 aromatic carbocycles. The zero-order chi connectivity index (χ0) is 11.6. The van der Waals surface area contributed by atoms with Crippen LogP contribution < -0.4 is 5.32 Å². The van der Waals surface area contributed by atoms with Crippen molar-refractivity contribution in [2.45, 2.75) is 67.3 Å². The predicted molar refractivity (Wildman–Crippen MR) is 65.6 cm³/mol. The number of hydrogen-bond donors (Lipinski definition) is 1. The minimum atomic E-state index is 0.242. The molecule has 1 nitrogen and oxygen atoms in total. The molecule has 86 valence electrons. The van der Waals surface area contributed by atoms with Crippen LogP contribution in [0.1, 0.15) is 61.8 Å². The van der Waals surface area contributed by atoms with Crippen LogP contribution in [0.3, 0.4) is 0 Å². The van der Waals surface area contributed by atoms with E-state index in [1.165, 1.54) is 6.42 Å². The van der Waals surface area contributed by atoms with Crippen LogP contribution in [0.2, 0.25) is 0 Å². The van der Waals surface area contributed by atoms with Gasteiger partial charge in [-0.05, 0) is 31.1 Å². The molecular weight excluding hydrogens is 170 g/mol. The first kappa shape index (κ1) is 14.0. The molecule has 0 aromatic rings. The molecule has 0 saturated carbocycles. The Balaban J connectivity index is 4.09. The lowest BCUT2D eigenvalue weighted by Crippen LogP contribution is -2.45. The first-order valence-corrected chi connectivity index (χ1v) is 5.66. The summed E-state index contributed by atoms with van der Waals surface area (Å²) in [5.41, 5.74) is 1.01. The fourth-order valence-electron chi connectivity index (χ4n) is 1.89. The highest BCUT2D eigenvalue weighted by atomic mass is 15.0. The third kappa shape index (κ3) is 8.55. The van der Waals surface area contributed by atoms with Gasteiger partial charge in [-0.25, -0.2) is 0 Å². The second kappa shape index (κ2) is 4.22. The smallest absolute Gasteiger partial charge is 0.0130 e. The van der Waals surface area contributed by atoms with Crippen LogP contribution in [0.15, 0.2) is 0 Å². The van der Waals surface area contributed by atoms with E-state index in [0.717, 1.165) is 6.54 Å². The molecule has 0 spiro atoms. The Morgan fingerprint density at radius 3 is 1.43 bits per heavy atom. The lowest BCUT2D eigenvalue weighted by atomic mass is 9.81. The van der Waals surface area contributed by atoms with Crippen LogP contribution in [0, 0.1) is 10.8 Å². The topological polar surface area (TPSA) is 12.0 Å². The number of hydrogen-bond acceptors (Lipinski definition) is 1. The van der Waals surface area contributed by atoms with E-state index in [2.05, 4.69) is 60.7 Å². The van der Waals surface area contributed by atoms with Crippen LogP contribution in [-0.2, 0) is 0 Å². The summed E-state index contributed by atoms with van der Waals surface area (Å²) >= 11 is 0. The van der Waals surface area contributed by atoms with Gasteiger partial charge in [-0.15, -0.1) is 0 Å². The van der Waals surface area contributed by atoms with Crippen LogP contribution >= 0.6 is 0 Å². The average Bonchev–Trinajstić information content (AvgIpc) is 1.76. The summed E-state index contributed by atoms with van der Waals surface area (Å²) in [7, 11) is 0. The molecule has 0 saturated heterocycles. The van der Waals surface area contributed by atoms with Crippen molar-refractivity contribution >= 4 is 0 Å². The summed E-state index contributed by atoms with van der Waals surface area (Å²) in [5.74, 6) is 0. The van der Waals surface area contributed by atoms with Crippen LogP contribution in [-0.4, -0.2) is 12.1 Å². The van der Waals surface area contributed by atoms with Gasteiger partial charge in [0.15, 0.2) is 0 Å². The highest BCUT2D eigenvalue weighted by molar-refractivity contribution is 4.84. The van der Waals surface area contributed by atoms with Gasteiger partial charge < -0.3 is 5.32 Å². The van der Waals surface area contributed by atoms with Crippen LogP contribution in [0.5, 0.6) is 0 Å². The normalized spacial score (nSPS) is 14.6. The molecule has 0 heterocycles. The molecular formula is C13H29N. The molecule has 0 rings (SSSR count). The fourth-order valence-corrected chi connectivity index (χ4v) is 1.89. The van der Waals surface area contributed by atoms with E-state index < -0.39 is 0 Å². The van der Waals surface area contributed by atoms with E-state index in [1.807, 2.05) is 0 Å². The second-order valence-corrected chi connectivity index (χ2v) is 7.54. The molecule has 0 fully saturated rings. The van der Waals surface area contributed by atoms with Gasteiger partial charge in [0.2, 0.25) is 0 Å². The highest BCUT2D eigenvalue weighted by Crippen LogP contribution is 2.27. The Morgan fingerprint density at radius 1 is 0.714 bits per heavy atom. The fraction of sp³-hybridized carbons (Fsp3) is 1.00. The molecule has 0 radical (unpaired) electrons. The van der Waals surface area contributed by atoms with Gasteiger partial charge in [0.1, 0.15) is 0 Å². The average molecular weight is 199 g/mol. The number of rotatable bonds is 3. The van der Waals surface area contributed by atoms with Crippen molar-refractivity contribution in [3.63, 3.8) is 0 Å². The van der Waals surface area contributed by atoms with Crippen LogP contribution in [0.25, 0.3) is 0 Å². The van der Waals surface area contributed by atoms with Crippen molar-refractivity contribution < 1.29 is 0 Å². The maximum atomic E-state index is 3.66. The molecule has 0 aliphatic heterocycles. The Hall–Kier alpha value is -0.0400. The third-order valence-corrected chi connectivity index (χ3v) is 2.07. The van der Waals surface area contributed by atoms with Crippen molar-refractivity contribution in [3.05, 3.63) is 0 Å². The van der Waals surface area contributed by atoms with Crippen LogP contribution in [0.4, 0.5) is 0 Å². The second-order valence-electron chi connectivity index (χ2n) is 7.54. The zero-order valence-electron chi connectivity index (χ0n) is 11.4. The van der Waals surface area contributed by atoms with Gasteiger partial charge in [0.05, 0.1) is 0 Å². The summed E-state index contributed by atoms with van der Waals surface area (Å²) in [6.07, 6.45) is 1.20. The highest BCUT2D eigenvalue weighted by Gasteiger charge is 2.26. The lowest BCUT2D eigenvalue weighted by Gasteiger charge is -2.36. The first-order chi connectivity index (χ1) is 5.91. The van der Waals surface area contributed by atoms with Gasteiger partial charge in [0.25, 0.3) is 0 Å². The Morgan fingerprint density at radius 2 is 1.14 bits per heavy atom. The summed E-state index contributed by atoms with van der Waals surface area (Å²) < 4.78 is 0. The first-order valence-electron chi connectivity index (χ1n) is 5.66. The SMILES string of the molecule is CC(C)(C)CNC(C)(C)CC(C)(C)C. The van der Waals surface area contributed by atoms with E-state index >= 15 is 0 Å². The minimum Gasteiger partial charge on any atom is -0.311 e. The standard InChI is InChI=1S/C13H29N/c1-11(2,3)9-13(7,8)14-10-12(4,5)6/h14H,9-10H2,1-8H3. The molecule has 1 heteroatoms. The lowest BCUT2D eigenvalue weighted by molar-refractivity contribution is 0.218. The van der Waals surface area contributed by atoms with E-state index in [9.17, 15) is 0 Å². The molecule has 0 unspecified atom stereocenters. The Bertz CT molecular complexity index is 167. The van der Waals surface area contributed by atoms with Gasteiger partial charge in [-0.3, -0.25) is 0 Å². The third-order valence-electron chi connectivity index (χ3n) is 2.07. The molecule has 0 aliphatic carbocycles. The molecule has 0 bridgehead atoms. The summed E-state index contributed by atoms with van der Waals surface area (Å²) in [6, 6.07) is 0. The molecule has 14 heavy (non-hydrogen) atoms. The zero-order valence-corrected chi connectivity index (χ0v) is 11.4.